The number of carbonyl (C=O) groups excluding carboxylic acids is 2. The van der Waals surface area contributed by atoms with E-state index in [4.69, 9.17) is 5.73 Å². The van der Waals surface area contributed by atoms with Crippen molar-refractivity contribution in [1.29, 1.82) is 0 Å². The summed E-state index contributed by atoms with van der Waals surface area (Å²) in [6.07, 6.45) is 3.34. The summed E-state index contributed by atoms with van der Waals surface area (Å²) in [7, 11) is 0. The van der Waals surface area contributed by atoms with Crippen molar-refractivity contribution < 1.29 is 9.59 Å². The van der Waals surface area contributed by atoms with Crippen LogP contribution in [0.25, 0.3) is 0 Å². The van der Waals surface area contributed by atoms with E-state index >= 15 is 0 Å². The third-order valence-corrected chi connectivity index (χ3v) is 5.34. The zero-order valence-corrected chi connectivity index (χ0v) is 14.6. The highest BCUT2D eigenvalue weighted by Crippen LogP contribution is 2.27. The number of nitrogens with zero attached hydrogens (tertiary/aromatic N) is 3. The minimum atomic E-state index is -0.536. The molecule has 1 fully saturated rings. The van der Waals surface area contributed by atoms with Crippen LogP contribution >= 0.6 is 0 Å². The predicted molar refractivity (Wildman–Crippen MR) is 98.6 cm³/mol. The summed E-state index contributed by atoms with van der Waals surface area (Å²) in [6, 6.07) is 11.9. The molecule has 3 heterocycles. The van der Waals surface area contributed by atoms with Gasteiger partial charge in [0.1, 0.15) is 5.69 Å². The molecule has 2 N–H and O–H groups in total. The number of pyridine rings is 1. The van der Waals surface area contributed by atoms with E-state index in [0.717, 1.165) is 31.6 Å². The SMILES string of the molecule is NC(=O)c1cc(N2CCC(C(=O)N3CCc4ccccc4C3)C2)ccn1. The van der Waals surface area contributed by atoms with Crippen LogP contribution in [0.15, 0.2) is 42.6 Å². The summed E-state index contributed by atoms with van der Waals surface area (Å²) in [5, 5.41) is 0. The van der Waals surface area contributed by atoms with Gasteiger partial charge in [-0.15, -0.1) is 0 Å². The molecular weight excluding hydrogens is 328 g/mol. The third-order valence-electron chi connectivity index (χ3n) is 5.34. The van der Waals surface area contributed by atoms with Crippen LogP contribution in [0.1, 0.15) is 28.0 Å². The third kappa shape index (κ3) is 3.14. The number of hydrogen-bond acceptors (Lipinski definition) is 4. The van der Waals surface area contributed by atoms with Crippen molar-refractivity contribution >= 4 is 17.5 Å². The molecule has 1 aromatic carbocycles. The summed E-state index contributed by atoms with van der Waals surface area (Å²) in [5.74, 6) is -0.317. The molecule has 134 valence electrons. The second kappa shape index (κ2) is 6.78. The summed E-state index contributed by atoms with van der Waals surface area (Å²) in [4.78, 5) is 32.4. The number of nitrogens with two attached hydrogens (primary N) is 1. The van der Waals surface area contributed by atoms with Gasteiger partial charge < -0.3 is 15.5 Å². The Balaban J connectivity index is 1.43. The Morgan fingerprint density at radius 2 is 1.92 bits per heavy atom. The van der Waals surface area contributed by atoms with E-state index in [1.54, 1.807) is 12.3 Å². The van der Waals surface area contributed by atoms with Crippen LogP contribution in [0.5, 0.6) is 0 Å². The second-order valence-corrected chi connectivity index (χ2v) is 6.97. The summed E-state index contributed by atoms with van der Waals surface area (Å²) >= 11 is 0. The van der Waals surface area contributed by atoms with Gasteiger partial charge >= 0.3 is 0 Å². The van der Waals surface area contributed by atoms with Gasteiger partial charge in [-0.25, -0.2) is 0 Å². The Hall–Kier alpha value is -2.89. The molecule has 1 atom stereocenters. The Bertz CT molecular complexity index is 851. The molecule has 0 spiro atoms. The first-order valence-electron chi connectivity index (χ1n) is 8.98. The Kier molecular flexibility index (Phi) is 4.32. The minimum Gasteiger partial charge on any atom is -0.371 e. The van der Waals surface area contributed by atoms with Gasteiger partial charge in [0.25, 0.3) is 5.91 Å². The van der Waals surface area contributed by atoms with Crippen molar-refractivity contribution in [3.8, 4) is 0 Å². The molecule has 6 heteroatoms. The average molecular weight is 350 g/mol. The van der Waals surface area contributed by atoms with Crippen LogP contribution in [-0.4, -0.2) is 41.3 Å². The number of anilines is 1. The number of aromatic nitrogens is 1. The number of benzene rings is 1. The molecular formula is C20H22N4O2. The van der Waals surface area contributed by atoms with E-state index < -0.39 is 5.91 Å². The van der Waals surface area contributed by atoms with Gasteiger partial charge in [-0.05, 0) is 36.1 Å². The second-order valence-electron chi connectivity index (χ2n) is 6.97. The molecule has 1 saturated heterocycles. The maximum absolute atomic E-state index is 13.0. The molecule has 0 saturated carbocycles. The normalized spacial score (nSPS) is 19.3. The number of amides is 2. The van der Waals surface area contributed by atoms with Crippen LogP contribution in [0, 0.1) is 5.92 Å². The van der Waals surface area contributed by atoms with Crippen LogP contribution in [0.2, 0.25) is 0 Å². The summed E-state index contributed by atoms with van der Waals surface area (Å²) in [5.41, 5.74) is 9.06. The van der Waals surface area contributed by atoms with Gasteiger partial charge in [0.05, 0.1) is 5.92 Å². The molecule has 2 aliphatic heterocycles. The fourth-order valence-electron chi connectivity index (χ4n) is 3.89. The van der Waals surface area contributed by atoms with E-state index in [1.165, 1.54) is 11.1 Å². The maximum Gasteiger partial charge on any atom is 0.267 e. The van der Waals surface area contributed by atoms with Crippen molar-refractivity contribution in [2.24, 2.45) is 11.7 Å². The monoisotopic (exact) mass is 350 g/mol. The molecule has 26 heavy (non-hydrogen) atoms. The van der Waals surface area contributed by atoms with Crippen LogP contribution in [0.4, 0.5) is 5.69 Å². The molecule has 0 radical (unpaired) electrons. The van der Waals surface area contributed by atoms with Crippen molar-refractivity contribution in [3.63, 3.8) is 0 Å². The van der Waals surface area contributed by atoms with E-state index in [-0.39, 0.29) is 17.5 Å². The largest absolute Gasteiger partial charge is 0.371 e. The topological polar surface area (TPSA) is 79.5 Å². The van der Waals surface area contributed by atoms with Gasteiger partial charge in [-0.3, -0.25) is 14.6 Å². The number of hydrogen-bond donors (Lipinski definition) is 1. The molecule has 2 aromatic rings. The maximum atomic E-state index is 13.0. The first-order valence-corrected chi connectivity index (χ1v) is 8.98. The van der Waals surface area contributed by atoms with Gasteiger partial charge in [0, 0.05) is 38.1 Å². The lowest BCUT2D eigenvalue weighted by Gasteiger charge is -2.31. The predicted octanol–water partition coefficient (Wildman–Crippen LogP) is 1.59. The quantitative estimate of drug-likeness (QED) is 0.912. The zero-order valence-electron chi connectivity index (χ0n) is 14.6. The summed E-state index contributed by atoms with van der Waals surface area (Å²) < 4.78 is 0. The van der Waals surface area contributed by atoms with E-state index in [1.807, 2.05) is 17.0 Å². The molecule has 6 nitrogen and oxygen atoms in total. The number of rotatable bonds is 3. The Morgan fingerprint density at radius 3 is 2.73 bits per heavy atom. The zero-order chi connectivity index (χ0) is 18.1. The van der Waals surface area contributed by atoms with E-state index in [0.29, 0.717) is 13.1 Å². The molecule has 1 aromatic heterocycles. The highest BCUT2D eigenvalue weighted by Gasteiger charge is 2.33. The molecule has 4 rings (SSSR count). The van der Waals surface area contributed by atoms with E-state index in [9.17, 15) is 9.59 Å². The lowest BCUT2D eigenvalue weighted by Crippen LogP contribution is -2.40. The summed E-state index contributed by atoms with van der Waals surface area (Å²) in [6.45, 7) is 2.95. The average Bonchev–Trinajstić information content (AvgIpc) is 3.17. The molecule has 2 amide bonds. The highest BCUT2D eigenvalue weighted by atomic mass is 16.2. The highest BCUT2D eigenvalue weighted by molar-refractivity contribution is 5.91. The first kappa shape index (κ1) is 16.6. The molecule has 2 aliphatic rings. The standard InChI is InChI=1S/C20H22N4O2/c21-19(25)18-11-17(5-8-22-18)23-9-7-16(13-23)20(26)24-10-6-14-3-1-2-4-15(14)12-24/h1-5,8,11,16H,6-7,9-10,12-13H2,(H2,21,25). The molecule has 0 bridgehead atoms. The number of primary amides is 1. The first-order chi connectivity index (χ1) is 12.6. The Morgan fingerprint density at radius 1 is 1.12 bits per heavy atom. The fourth-order valence-corrected chi connectivity index (χ4v) is 3.89. The van der Waals surface area contributed by atoms with Gasteiger partial charge in [-0.1, -0.05) is 24.3 Å². The van der Waals surface area contributed by atoms with Crippen molar-refractivity contribution in [2.45, 2.75) is 19.4 Å². The van der Waals surface area contributed by atoms with Crippen molar-refractivity contribution in [3.05, 3.63) is 59.4 Å². The van der Waals surface area contributed by atoms with Crippen LogP contribution < -0.4 is 10.6 Å². The lowest BCUT2D eigenvalue weighted by atomic mass is 9.98. The van der Waals surface area contributed by atoms with Gasteiger partial charge in [0.15, 0.2) is 0 Å². The number of carbonyl (C=O) groups is 2. The molecule has 1 unspecified atom stereocenters. The van der Waals surface area contributed by atoms with Crippen molar-refractivity contribution in [1.82, 2.24) is 9.88 Å². The van der Waals surface area contributed by atoms with Gasteiger partial charge in [-0.2, -0.15) is 0 Å². The number of fused-ring (bicyclic) bond motifs is 1. The van der Waals surface area contributed by atoms with Crippen LogP contribution in [-0.2, 0) is 17.8 Å². The smallest absolute Gasteiger partial charge is 0.267 e. The van der Waals surface area contributed by atoms with Crippen LogP contribution in [0.3, 0.4) is 0 Å². The Labute approximate surface area is 152 Å². The molecule has 0 aliphatic carbocycles. The van der Waals surface area contributed by atoms with Crippen molar-refractivity contribution in [2.75, 3.05) is 24.5 Å². The fraction of sp³-hybridized carbons (Fsp3) is 0.350. The lowest BCUT2D eigenvalue weighted by molar-refractivity contribution is -0.135. The van der Waals surface area contributed by atoms with E-state index in [2.05, 4.69) is 28.1 Å². The van der Waals surface area contributed by atoms with Gasteiger partial charge in [0.2, 0.25) is 5.91 Å². The minimum absolute atomic E-state index is 0.00884.